The molecule has 18 valence electrons. The Hall–Kier alpha value is 0.890. The van der Waals surface area contributed by atoms with Gasteiger partial charge in [-0.25, -0.2) is 0 Å². The van der Waals surface area contributed by atoms with E-state index < -0.39 is 0 Å². The largest absolute Gasteiger partial charge is 1.00 e. The molecule has 0 radical (unpaired) electrons. The van der Waals surface area contributed by atoms with Crippen LogP contribution in [-0.4, -0.2) is 5.49 Å². The van der Waals surface area contributed by atoms with E-state index in [-0.39, 0.29) is 29.6 Å². The first-order valence-corrected chi connectivity index (χ1v) is 0.901. The van der Waals surface area contributed by atoms with Crippen LogP contribution in [-0.2, 0) is 0 Å². The third-order valence-electron chi connectivity index (χ3n) is 0. The minimum atomic E-state index is 0. The van der Waals surface area contributed by atoms with Crippen LogP contribution in [0.25, 0.3) is 0 Å². The van der Waals surface area contributed by atoms with Crippen molar-refractivity contribution in [1.29, 1.82) is 0 Å². The van der Waals surface area contributed by atoms with Crippen LogP contribution in [0.5, 0.6) is 0 Å². The van der Waals surface area contributed by atoms with Gasteiger partial charge in [0.1, 0.15) is 0 Å². The van der Waals surface area contributed by atoms with Crippen molar-refractivity contribution >= 4 is 17.7 Å². The number of rotatable bonds is 0. The molecule has 0 aromatic heterocycles. The van der Waals surface area contributed by atoms with Crippen LogP contribution in [0.3, 0.4) is 0 Å². The van der Waals surface area contributed by atoms with Gasteiger partial charge in [0.2, 0.25) is 0 Å². The Balaban J connectivity index is 0. The van der Waals surface area contributed by atoms with E-state index in [0.717, 1.165) is 0 Å². The second kappa shape index (κ2) is 9.10. The van der Waals surface area contributed by atoms with Crippen LogP contribution in [0, 0.1) is 0 Å². The van der Waals surface area contributed by atoms with E-state index >= 15 is 0 Å². The molecule has 0 saturated carbocycles. The summed E-state index contributed by atoms with van der Waals surface area (Å²) in [6.45, 7) is 0. The van der Waals surface area contributed by atoms with Crippen molar-refractivity contribution in [2.24, 2.45) is 5.73 Å². The maximum Gasteiger partial charge on any atom is 1.00 e. The maximum absolute atomic E-state index is 4.41. The van der Waals surface area contributed by atoms with Crippen molar-refractivity contribution in [2.75, 3.05) is 0 Å². The second-order valence-electron chi connectivity index (χ2n) is 0.118. The van der Waals surface area contributed by atoms with Gasteiger partial charge in [-0.05, 0) is 0 Å². The van der Waals surface area contributed by atoms with Gasteiger partial charge < -0.3 is 23.4 Å². The number of thiocarbonyl (C=S) groups is 1. The molecular formula is CH2NNaS. The second-order valence-corrected chi connectivity index (χ2v) is 0.354. The molecular weight excluding hydrogens is 81.1 g/mol. The SMILES string of the molecule is N[C-]=S.[Na+]. The van der Waals surface area contributed by atoms with Crippen LogP contribution >= 0.6 is 12.2 Å². The van der Waals surface area contributed by atoms with Gasteiger partial charge in [0, 0.05) is 0 Å². The van der Waals surface area contributed by atoms with Gasteiger partial charge in [-0.3, -0.25) is 0 Å². The summed E-state index contributed by atoms with van der Waals surface area (Å²) in [5, 5.41) is 0. The normalized spacial score (nSPS) is 3.00. The molecule has 0 saturated heterocycles. The van der Waals surface area contributed by atoms with Gasteiger partial charge in [-0.2, -0.15) is 0 Å². The molecule has 0 amide bonds. The van der Waals surface area contributed by atoms with Crippen LogP contribution in [0.4, 0.5) is 0 Å². The predicted molar refractivity (Wildman–Crippen MR) is 16.8 cm³/mol. The molecule has 0 aromatic rings. The number of hydrogen-bond acceptors (Lipinski definition) is 1. The molecule has 2 N–H and O–H groups in total. The van der Waals surface area contributed by atoms with Gasteiger partial charge in [-0.1, -0.05) is 0 Å². The average molecular weight is 83.1 g/mol. The Morgan fingerprint density at radius 1 is 1.75 bits per heavy atom. The predicted octanol–water partition coefficient (Wildman–Crippen LogP) is -3.22. The molecule has 0 fully saturated rings. The zero-order valence-corrected chi connectivity index (χ0v) is 5.30. The molecule has 0 heterocycles. The minimum absolute atomic E-state index is 0. The summed E-state index contributed by atoms with van der Waals surface area (Å²) >= 11 is 3.92. The third kappa shape index (κ3) is 13.0. The molecule has 0 aliphatic carbocycles. The molecule has 0 bridgehead atoms. The standard InChI is InChI=1S/CH2NS.Na/c2-1-3;/h(H2,2,3);/q-1;+1. The minimum Gasteiger partial charge on any atom is -0.570 e. The molecule has 0 aliphatic heterocycles. The van der Waals surface area contributed by atoms with Gasteiger partial charge >= 0.3 is 29.6 Å². The summed E-state index contributed by atoms with van der Waals surface area (Å²) in [6, 6.07) is 0. The van der Waals surface area contributed by atoms with E-state index in [9.17, 15) is 0 Å². The Bertz CT molecular complexity index is 15.5. The van der Waals surface area contributed by atoms with Crippen molar-refractivity contribution in [3.63, 3.8) is 0 Å². The topological polar surface area (TPSA) is 26.0 Å². The molecule has 0 atom stereocenters. The zero-order valence-electron chi connectivity index (χ0n) is 2.49. The van der Waals surface area contributed by atoms with E-state index in [2.05, 4.69) is 18.0 Å². The van der Waals surface area contributed by atoms with Crippen molar-refractivity contribution < 1.29 is 29.6 Å². The van der Waals surface area contributed by atoms with Gasteiger partial charge in [0.25, 0.3) is 0 Å². The molecule has 1 nitrogen and oxygen atoms in total. The number of nitrogens with two attached hydrogens (primary N) is 1. The first-order valence-electron chi connectivity index (χ1n) is 0.493. The average Bonchev–Trinajstić information content (AvgIpc) is 0.918. The molecule has 0 rings (SSSR count). The van der Waals surface area contributed by atoms with Gasteiger partial charge in [-0.15, -0.1) is 0 Å². The van der Waals surface area contributed by atoms with E-state index in [0.29, 0.717) is 0 Å². The quantitative estimate of drug-likeness (QED) is 0.144. The van der Waals surface area contributed by atoms with Crippen molar-refractivity contribution in [3.05, 3.63) is 0 Å². The van der Waals surface area contributed by atoms with Gasteiger partial charge in [0.05, 0.1) is 0 Å². The Morgan fingerprint density at radius 3 is 1.75 bits per heavy atom. The van der Waals surface area contributed by atoms with Crippen LogP contribution < -0.4 is 35.3 Å². The van der Waals surface area contributed by atoms with Crippen molar-refractivity contribution in [1.82, 2.24) is 0 Å². The van der Waals surface area contributed by atoms with E-state index in [1.165, 1.54) is 0 Å². The molecule has 0 unspecified atom stereocenters. The fraction of sp³-hybridized carbons (Fsp3) is 0. The third-order valence-corrected chi connectivity index (χ3v) is 0. The van der Waals surface area contributed by atoms with E-state index in [4.69, 9.17) is 0 Å². The van der Waals surface area contributed by atoms with Crippen LogP contribution in [0.2, 0.25) is 0 Å². The van der Waals surface area contributed by atoms with Crippen molar-refractivity contribution in [2.45, 2.75) is 0 Å². The smallest absolute Gasteiger partial charge is 0.570 e. The summed E-state index contributed by atoms with van der Waals surface area (Å²) in [4.78, 5) is 0. The van der Waals surface area contributed by atoms with Crippen molar-refractivity contribution in [3.8, 4) is 0 Å². The number of hydrogen-bond donors (Lipinski definition) is 1. The van der Waals surface area contributed by atoms with E-state index in [1.807, 2.05) is 5.49 Å². The molecule has 3 heteroatoms. The first-order chi connectivity index (χ1) is 1.41. The molecule has 0 aromatic carbocycles. The summed E-state index contributed by atoms with van der Waals surface area (Å²) in [5.41, 5.74) is 6.25. The zero-order chi connectivity index (χ0) is 2.71. The Morgan fingerprint density at radius 2 is 1.75 bits per heavy atom. The molecule has 0 spiro atoms. The molecule has 0 aliphatic rings. The van der Waals surface area contributed by atoms with E-state index in [1.54, 1.807) is 0 Å². The Labute approximate surface area is 52.9 Å². The molecule has 4 heavy (non-hydrogen) atoms. The summed E-state index contributed by atoms with van der Waals surface area (Å²) in [5.74, 6) is 0. The monoisotopic (exact) mass is 83.0 g/mol. The summed E-state index contributed by atoms with van der Waals surface area (Å²) < 4.78 is 0. The fourth-order valence-corrected chi connectivity index (χ4v) is 0. The Kier molecular flexibility index (Phi) is 20.1. The fourth-order valence-electron chi connectivity index (χ4n) is 0. The first kappa shape index (κ1) is 8.86. The van der Waals surface area contributed by atoms with Crippen LogP contribution in [0.1, 0.15) is 0 Å². The van der Waals surface area contributed by atoms with Gasteiger partial charge in [0.15, 0.2) is 0 Å². The maximum atomic E-state index is 4.41. The van der Waals surface area contributed by atoms with Crippen LogP contribution in [0.15, 0.2) is 0 Å². The summed E-state index contributed by atoms with van der Waals surface area (Å²) in [6.07, 6.45) is 0. The summed E-state index contributed by atoms with van der Waals surface area (Å²) in [7, 11) is 0.